The first kappa shape index (κ1) is 17.5. The van der Waals surface area contributed by atoms with E-state index in [-0.39, 0.29) is 11.8 Å². The van der Waals surface area contributed by atoms with Crippen LogP contribution < -0.4 is 10.2 Å². The van der Waals surface area contributed by atoms with E-state index in [2.05, 4.69) is 34.4 Å². The van der Waals surface area contributed by atoms with Gasteiger partial charge in [0.2, 0.25) is 0 Å². The molecule has 3 aromatic rings. The summed E-state index contributed by atoms with van der Waals surface area (Å²) in [6, 6.07) is 12.1. The number of carbonyl (C=O) groups excluding carboxylic acids is 1. The molecule has 1 fully saturated rings. The molecule has 0 saturated carbocycles. The average molecular weight is 363 g/mol. The number of aromatic nitrogens is 3. The fourth-order valence-corrected chi connectivity index (χ4v) is 3.60. The third-order valence-corrected chi connectivity index (χ3v) is 5.13. The van der Waals surface area contributed by atoms with Crippen LogP contribution in [-0.2, 0) is 0 Å². The highest BCUT2D eigenvalue weighted by Gasteiger charge is 2.20. The van der Waals surface area contributed by atoms with Crippen molar-refractivity contribution in [1.29, 1.82) is 0 Å². The molecule has 0 spiro atoms. The van der Waals surface area contributed by atoms with Crippen LogP contribution in [0.5, 0.6) is 0 Å². The predicted octanol–water partition coefficient (Wildman–Crippen LogP) is 3.17. The normalized spacial score (nSPS) is 15.3. The highest BCUT2D eigenvalue weighted by atomic mass is 16.1. The summed E-state index contributed by atoms with van der Waals surface area (Å²) in [6.45, 7) is 6.66. The number of fused-ring (bicyclic) bond motifs is 1. The van der Waals surface area contributed by atoms with Gasteiger partial charge < -0.3 is 10.2 Å². The second-order valence-corrected chi connectivity index (χ2v) is 7.28. The van der Waals surface area contributed by atoms with Crippen molar-refractivity contribution in [2.24, 2.45) is 0 Å². The van der Waals surface area contributed by atoms with Crippen LogP contribution in [0.2, 0.25) is 0 Å². The fourth-order valence-electron chi connectivity index (χ4n) is 3.60. The van der Waals surface area contributed by atoms with Crippen LogP contribution in [0, 0.1) is 6.92 Å². The van der Waals surface area contributed by atoms with Crippen LogP contribution in [0.25, 0.3) is 5.52 Å². The van der Waals surface area contributed by atoms with Crippen LogP contribution in [0.4, 0.5) is 5.82 Å². The minimum absolute atomic E-state index is 0.147. The Morgan fingerprint density at radius 2 is 1.96 bits per heavy atom. The Morgan fingerprint density at radius 3 is 2.70 bits per heavy atom. The Balaban J connectivity index is 1.53. The molecule has 3 heterocycles. The maximum absolute atomic E-state index is 12.6. The molecule has 0 unspecified atom stereocenters. The van der Waals surface area contributed by atoms with Gasteiger partial charge in [0, 0.05) is 25.7 Å². The number of benzene rings is 1. The first-order chi connectivity index (χ1) is 13.1. The molecule has 27 heavy (non-hydrogen) atoms. The van der Waals surface area contributed by atoms with Crippen LogP contribution in [0.3, 0.4) is 0 Å². The van der Waals surface area contributed by atoms with E-state index in [1.807, 2.05) is 37.4 Å². The summed E-state index contributed by atoms with van der Waals surface area (Å²) in [6.07, 6.45) is 4.24. The van der Waals surface area contributed by atoms with Crippen molar-refractivity contribution in [2.45, 2.75) is 32.6 Å². The van der Waals surface area contributed by atoms with E-state index in [0.717, 1.165) is 30.1 Å². The number of nitrogens with zero attached hydrogens (tertiary/aromatic N) is 4. The van der Waals surface area contributed by atoms with E-state index in [9.17, 15) is 4.79 Å². The zero-order chi connectivity index (χ0) is 18.8. The van der Waals surface area contributed by atoms with E-state index in [1.54, 1.807) is 4.52 Å². The number of anilines is 1. The summed E-state index contributed by atoms with van der Waals surface area (Å²) in [4.78, 5) is 19.6. The number of rotatable bonds is 5. The third kappa shape index (κ3) is 3.65. The summed E-state index contributed by atoms with van der Waals surface area (Å²) >= 11 is 0. The van der Waals surface area contributed by atoms with Crippen molar-refractivity contribution < 1.29 is 4.79 Å². The van der Waals surface area contributed by atoms with E-state index in [4.69, 9.17) is 4.98 Å². The summed E-state index contributed by atoms with van der Waals surface area (Å²) < 4.78 is 1.78. The first-order valence-electron chi connectivity index (χ1n) is 9.57. The fraction of sp³-hybridized carbons (Fsp3) is 0.381. The predicted molar refractivity (Wildman–Crippen MR) is 106 cm³/mol. The van der Waals surface area contributed by atoms with Gasteiger partial charge in [-0.25, -0.2) is 9.50 Å². The minimum Gasteiger partial charge on any atom is -0.355 e. The second kappa shape index (κ2) is 7.39. The Labute approximate surface area is 159 Å². The molecule has 1 aromatic carbocycles. The quantitative estimate of drug-likeness (QED) is 0.756. The zero-order valence-corrected chi connectivity index (χ0v) is 15.9. The Kier molecular flexibility index (Phi) is 4.79. The smallest absolute Gasteiger partial charge is 0.271 e. The average Bonchev–Trinajstić information content (AvgIpc) is 3.35. The van der Waals surface area contributed by atoms with Crippen molar-refractivity contribution in [3.63, 3.8) is 0 Å². The monoisotopic (exact) mass is 363 g/mol. The van der Waals surface area contributed by atoms with Gasteiger partial charge in [0.15, 0.2) is 11.5 Å². The second-order valence-electron chi connectivity index (χ2n) is 7.28. The molecule has 1 aliphatic heterocycles. The highest BCUT2D eigenvalue weighted by Crippen LogP contribution is 2.24. The molecule has 1 saturated heterocycles. The lowest BCUT2D eigenvalue weighted by molar-refractivity contribution is 0.0946. The Bertz CT molecular complexity index is 944. The third-order valence-electron chi connectivity index (χ3n) is 5.13. The van der Waals surface area contributed by atoms with E-state index in [1.165, 1.54) is 18.4 Å². The van der Waals surface area contributed by atoms with Crippen molar-refractivity contribution in [3.05, 3.63) is 59.5 Å². The molecule has 2 aromatic heterocycles. The van der Waals surface area contributed by atoms with Crippen molar-refractivity contribution >= 4 is 17.2 Å². The van der Waals surface area contributed by atoms with Crippen LogP contribution in [0.1, 0.15) is 47.4 Å². The Morgan fingerprint density at radius 1 is 1.22 bits per heavy atom. The molecule has 0 radical (unpaired) electrons. The van der Waals surface area contributed by atoms with Gasteiger partial charge in [0.25, 0.3) is 5.91 Å². The lowest BCUT2D eigenvalue weighted by Crippen LogP contribution is -2.27. The van der Waals surface area contributed by atoms with E-state index in [0.29, 0.717) is 12.2 Å². The molecule has 1 amide bonds. The molecule has 6 nitrogen and oxygen atoms in total. The van der Waals surface area contributed by atoms with Gasteiger partial charge in [-0.1, -0.05) is 37.3 Å². The number of amides is 1. The largest absolute Gasteiger partial charge is 0.355 e. The number of hydrogen-bond donors (Lipinski definition) is 1. The molecule has 1 N–H and O–H groups in total. The van der Waals surface area contributed by atoms with Gasteiger partial charge in [-0.2, -0.15) is 5.10 Å². The first-order valence-corrected chi connectivity index (χ1v) is 9.57. The molecule has 1 atom stereocenters. The topological polar surface area (TPSA) is 62.5 Å². The Hall–Kier alpha value is -2.89. The zero-order valence-electron chi connectivity index (χ0n) is 15.9. The summed E-state index contributed by atoms with van der Waals surface area (Å²) in [5, 5.41) is 7.51. The summed E-state index contributed by atoms with van der Waals surface area (Å²) in [5.74, 6) is 1.03. The van der Waals surface area contributed by atoms with E-state index >= 15 is 0 Å². The molecule has 1 aliphatic rings. The lowest BCUT2D eigenvalue weighted by atomic mass is 10.0. The molecular formula is C21H25N5O. The summed E-state index contributed by atoms with van der Waals surface area (Å²) in [5.41, 5.74) is 3.44. The van der Waals surface area contributed by atoms with Gasteiger partial charge in [-0.15, -0.1) is 0 Å². The van der Waals surface area contributed by atoms with Crippen LogP contribution in [0.15, 0.2) is 42.6 Å². The number of aryl methyl sites for hydroxylation is 1. The van der Waals surface area contributed by atoms with Gasteiger partial charge in [-0.05, 0) is 31.2 Å². The van der Waals surface area contributed by atoms with Crippen molar-refractivity contribution in [1.82, 2.24) is 19.9 Å². The molecule has 4 rings (SSSR count). The lowest BCUT2D eigenvalue weighted by Gasteiger charge is -2.17. The standard InChI is InChI=1S/C21H25N5O/c1-15(17-8-4-3-5-9-17)13-22-21(27)18-12-19-20(25-10-6-7-11-25)23-16(2)14-26(19)24-18/h3-5,8-9,12,14-15H,6-7,10-11,13H2,1-2H3,(H,22,27)/t15-/m1/s1. The van der Waals surface area contributed by atoms with Crippen molar-refractivity contribution in [2.75, 3.05) is 24.5 Å². The number of hydrogen-bond acceptors (Lipinski definition) is 4. The highest BCUT2D eigenvalue weighted by molar-refractivity contribution is 5.94. The van der Waals surface area contributed by atoms with Gasteiger partial charge in [-0.3, -0.25) is 4.79 Å². The minimum atomic E-state index is -0.147. The molecule has 6 heteroatoms. The van der Waals surface area contributed by atoms with E-state index < -0.39 is 0 Å². The molecule has 0 bridgehead atoms. The van der Waals surface area contributed by atoms with Gasteiger partial charge in [0.1, 0.15) is 5.52 Å². The van der Waals surface area contributed by atoms with Gasteiger partial charge >= 0.3 is 0 Å². The van der Waals surface area contributed by atoms with Crippen LogP contribution >= 0.6 is 0 Å². The number of nitrogens with one attached hydrogen (secondary N) is 1. The SMILES string of the molecule is Cc1cn2nc(C(=O)NC[C@@H](C)c3ccccc3)cc2c(N2CCCC2)n1. The molecule has 0 aliphatic carbocycles. The van der Waals surface area contributed by atoms with Gasteiger partial charge in [0.05, 0.1) is 11.9 Å². The summed E-state index contributed by atoms with van der Waals surface area (Å²) in [7, 11) is 0. The molecule has 140 valence electrons. The molecular weight excluding hydrogens is 338 g/mol. The van der Waals surface area contributed by atoms with Crippen molar-refractivity contribution in [3.8, 4) is 0 Å². The van der Waals surface area contributed by atoms with Crippen LogP contribution in [-0.4, -0.2) is 40.1 Å². The maximum Gasteiger partial charge on any atom is 0.271 e. The maximum atomic E-state index is 12.6. The number of carbonyl (C=O) groups is 1.